The van der Waals surface area contributed by atoms with E-state index in [2.05, 4.69) is 4.98 Å². The van der Waals surface area contributed by atoms with Crippen molar-refractivity contribution in [3.8, 4) is 0 Å². The Morgan fingerprint density at radius 2 is 2.00 bits per heavy atom. The Kier molecular flexibility index (Phi) is 3.33. The molecule has 2 heterocycles. The van der Waals surface area contributed by atoms with E-state index >= 15 is 0 Å². The average molecular weight is 284 g/mol. The number of hydrogen-bond acceptors (Lipinski definition) is 3. The number of aliphatic carboxylic acids is 1. The number of para-hydroxylation sites is 1. The van der Waals surface area contributed by atoms with Crippen LogP contribution in [0.25, 0.3) is 10.9 Å². The summed E-state index contributed by atoms with van der Waals surface area (Å²) >= 11 is 0. The molecule has 1 aromatic heterocycles. The van der Waals surface area contributed by atoms with Crippen LogP contribution in [0.3, 0.4) is 0 Å². The molecule has 0 radical (unpaired) electrons. The van der Waals surface area contributed by atoms with Crippen LogP contribution in [0.1, 0.15) is 17.3 Å². The Balaban J connectivity index is 1.93. The average Bonchev–Trinajstić information content (AvgIpc) is 2.88. The van der Waals surface area contributed by atoms with E-state index < -0.39 is 11.9 Å². The lowest BCUT2D eigenvalue weighted by Gasteiger charge is -2.16. The van der Waals surface area contributed by atoms with Gasteiger partial charge in [-0.1, -0.05) is 25.1 Å². The Hall–Kier alpha value is -2.43. The van der Waals surface area contributed by atoms with Crippen molar-refractivity contribution in [2.24, 2.45) is 11.8 Å². The third-order valence-corrected chi connectivity index (χ3v) is 4.08. The first kappa shape index (κ1) is 13.5. The summed E-state index contributed by atoms with van der Waals surface area (Å²) in [4.78, 5) is 29.7. The Morgan fingerprint density at radius 1 is 1.24 bits per heavy atom. The van der Waals surface area contributed by atoms with Gasteiger partial charge < -0.3 is 10.0 Å². The molecule has 1 saturated heterocycles. The minimum absolute atomic E-state index is 0.0330. The lowest BCUT2D eigenvalue weighted by Crippen LogP contribution is -2.30. The van der Waals surface area contributed by atoms with Crippen molar-refractivity contribution < 1.29 is 14.7 Å². The third kappa shape index (κ3) is 2.35. The molecule has 108 valence electrons. The maximum absolute atomic E-state index is 12.7. The molecule has 1 fully saturated rings. The van der Waals surface area contributed by atoms with Crippen molar-refractivity contribution in [2.45, 2.75) is 6.92 Å². The molecule has 2 aromatic rings. The zero-order valence-electron chi connectivity index (χ0n) is 11.7. The zero-order chi connectivity index (χ0) is 15.0. The molecule has 2 unspecified atom stereocenters. The van der Waals surface area contributed by atoms with Crippen LogP contribution in [0, 0.1) is 11.8 Å². The van der Waals surface area contributed by atoms with Crippen molar-refractivity contribution in [2.75, 3.05) is 13.1 Å². The van der Waals surface area contributed by atoms with Crippen LogP contribution in [0.15, 0.2) is 36.5 Å². The van der Waals surface area contributed by atoms with E-state index in [-0.39, 0.29) is 18.4 Å². The van der Waals surface area contributed by atoms with E-state index in [9.17, 15) is 14.7 Å². The van der Waals surface area contributed by atoms with Gasteiger partial charge in [0, 0.05) is 24.7 Å². The van der Waals surface area contributed by atoms with Gasteiger partial charge in [-0.3, -0.25) is 14.6 Å². The summed E-state index contributed by atoms with van der Waals surface area (Å²) in [5.41, 5.74) is 1.20. The Morgan fingerprint density at radius 3 is 2.71 bits per heavy atom. The second-order valence-corrected chi connectivity index (χ2v) is 5.51. The first-order chi connectivity index (χ1) is 10.1. The molecule has 3 rings (SSSR count). The number of hydrogen-bond donors (Lipinski definition) is 1. The molecular formula is C16H16N2O3. The number of carbonyl (C=O) groups excluding carboxylic acids is 1. The SMILES string of the molecule is CC1CN(C(=O)c2cccc3cccnc23)CC1C(=O)O. The number of amides is 1. The van der Waals surface area contributed by atoms with E-state index in [0.29, 0.717) is 17.6 Å². The van der Waals surface area contributed by atoms with Gasteiger partial charge in [-0.2, -0.15) is 0 Å². The lowest BCUT2D eigenvalue weighted by molar-refractivity contribution is -0.142. The largest absolute Gasteiger partial charge is 0.481 e. The second-order valence-electron chi connectivity index (χ2n) is 5.51. The Bertz CT molecular complexity index is 708. The summed E-state index contributed by atoms with van der Waals surface area (Å²) in [6.07, 6.45) is 1.66. The van der Waals surface area contributed by atoms with Crippen LogP contribution in [0.2, 0.25) is 0 Å². The molecule has 1 N–H and O–H groups in total. The van der Waals surface area contributed by atoms with Gasteiger partial charge in [0.25, 0.3) is 5.91 Å². The highest BCUT2D eigenvalue weighted by Gasteiger charge is 2.37. The van der Waals surface area contributed by atoms with Crippen molar-refractivity contribution in [3.63, 3.8) is 0 Å². The summed E-state index contributed by atoms with van der Waals surface area (Å²) in [6.45, 7) is 2.60. The zero-order valence-corrected chi connectivity index (χ0v) is 11.7. The number of benzene rings is 1. The van der Waals surface area contributed by atoms with Gasteiger partial charge >= 0.3 is 5.97 Å². The number of likely N-dealkylation sites (tertiary alicyclic amines) is 1. The topological polar surface area (TPSA) is 70.5 Å². The lowest BCUT2D eigenvalue weighted by atomic mass is 9.99. The van der Waals surface area contributed by atoms with Crippen molar-refractivity contribution in [1.82, 2.24) is 9.88 Å². The summed E-state index contributed by atoms with van der Waals surface area (Å²) in [6, 6.07) is 9.22. The van der Waals surface area contributed by atoms with Crippen LogP contribution >= 0.6 is 0 Å². The second kappa shape index (κ2) is 5.16. The number of aromatic nitrogens is 1. The van der Waals surface area contributed by atoms with Gasteiger partial charge in [-0.05, 0) is 18.1 Å². The van der Waals surface area contributed by atoms with Crippen LogP contribution in [0.5, 0.6) is 0 Å². The molecule has 1 aliphatic heterocycles. The molecule has 0 spiro atoms. The monoisotopic (exact) mass is 284 g/mol. The highest BCUT2D eigenvalue weighted by atomic mass is 16.4. The molecule has 1 aromatic carbocycles. The van der Waals surface area contributed by atoms with Gasteiger partial charge in [0.1, 0.15) is 0 Å². The Labute approximate surface area is 122 Å². The summed E-state index contributed by atoms with van der Waals surface area (Å²) in [5, 5.41) is 10.1. The fourth-order valence-electron chi connectivity index (χ4n) is 2.90. The van der Waals surface area contributed by atoms with E-state index in [4.69, 9.17) is 0 Å². The van der Waals surface area contributed by atoms with Gasteiger partial charge in [0.05, 0.1) is 17.0 Å². The number of nitrogens with zero attached hydrogens (tertiary/aromatic N) is 2. The van der Waals surface area contributed by atoms with Crippen LogP contribution in [-0.4, -0.2) is 40.0 Å². The summed E-state index contributed by atoms with van der Waals surface area (Å²) in [7, 11) is 0. The molecule has 21 heavy (non-hydrogen) atoms. The third-order valence-electron chi connectivity index (χ3n) is 4.08. The first-order valence-electron chi connectivity index (χ1n) is 6.93. The van der Waals surface area contributed by atoms with E-state index in [1.807, 2.05) is 31.2 Å². The molecule has 0 saturated carbocycles. The van der Waals surface area contributed by atoms with Crippen LogP contribution < -0.4 is 0 Å². The highest BCUT2D eigenvalue weighted by molar-refractivity contribution is 6.05. The van der Waals surface area contributed by atoms with Crippen molar-refractivity contribution >= 4 is 22.8 Å². The summed E-state index contributed by atoms with van der Waals surface area (Å²) in [5.74, 6) is -1.50. The fraction of sp³-hybridized carbons (Fsp3) is 0.312. The maximum atomic E-state index is 12.7. The van der Waals surface area contributed by atoms with Crippen molar-refractivity contribution in [1.29, 1.82) is 0 Å². The molecule has 5 heteroatoms. The molecular weight excluding hydrogens is 268 g/mol. The summed E-state index contributed by atoms with van der Waals surface area (Å²) < 4.78 is 0. The number of carboxylic acid groups (broad SMARTS) is 1. The molecule has 2 atom stereocenters. The molecule has 0 bridgehead atoms. The number of pyridine rings is 1. The number of fused-ring (bicyclic) bond motifs is 1. The number of rotatable bonds is 2. The molecule has 1 amide bonds. The maximum Gasteiger partial charge on any atom is 0.308 e. The van der Waals surface area contributed by atoms with Crippen LogP contribution in [-0.2, 0) is 4.79 Å². The standard InChI is InChI=1S/C16H16N2O3/c1-10-8-18(9-13(10)16(20)21)15(19)12-6-2-4-11-5-3-7-17-14(11)12/h2-7,10,13H,8-9H2,1H3,(H,20,21). The minimum Gasteiger partial charge on any atom is -0.481 e. The number of carbonyl (C=O) groups is 2. The predicted molar refractivity (Wildman–Crippen MR) is 77.9 cm³/mol. The van der Waals surface area contributed by atoms with E-state index in [1.54, 1.807) is 17.2 Å². The van der Waals surface area contributed by atoms with Crippen molar-refractivity contribution in [3.05, 3.63) is 42.1 Å². The van der Waals surface area contributed by atoms with Gasteiger partial charge in [-0.15, -0.1) is 0 Å². The van der Waals surface area contributed by atoms with Crippen LogP contribution in [0.4, 0.5) is 0 Å². The number of carboxylic acids is 1. The van der Waals surface area contributed by atoms with Gasteiger partial charge in [-0.25, -0.2) is 0 Å². The molecule has 0 aliphatic carbocycles. The first-order valence-corrected chi connectivity index (χ1v) is 6.93. The smallest absolute Gasteiger partial charge is 0.308 e. The van der Waals surface area contributed by atoms with Gasteiger partial charge in [0.2, 0.25) is 0 Å². The molecule has 5 nitrogen and oxygen atoms in total. The van der Waals surface area contributed by atoms with Gasteiger partial charge in [0.15, 0.2) is 0 Å². The fourth-order valence-corrected chi connectivity index (χ4v) is 2.90. The highest BCUT2D eigenvalue weighted by Crippen LogP contribution is 2.26. The predicted octanol–water partition coefficient (Wildman–Crippen LogP) is 2.03. The quantitative estimate of drug-likeness (QED) is 0.916. The minimum atomic E-state index is -0.839. The van der Waals surface area contributed by atoms with E-state index in [1.165, 1.54) is 0 Å². The normalized spacial score (nSPS) is 21.7. The molecule has 1 aliphatic rings. The van der Waals surface area contributed by atoms with E-state index in [0.717, 1.165) is 5.39 Å².